The van der Waals surface area contributed by atoms with Crippen molar-refractivity contribution in [3.8, 4) is 0 Å². The van der Waals surface area contributed by atoms with Crippen molar-refractivity contribution < 1.29 is 14.2 Å². The van der Waals surface area contributed by atoms with Crippen molar-refractivity contribution in [1.82, 2.24) is 5.32 Å². The van der Waals surface area contributed by atoms with E-state index in [4.69, 9.17) is 0 Å². The Morgan fingerprint density at radius 3 is 2.45 bits per heavy atom. The number of rotatable bonds is 1. The summed E-state index contributed by atoms with van der Waals surface area (Å²) in [4.78, 5) is 0. The van der Waals surface area contributed by atoms with Gasteiger partial charge in [-0.2, -0.15) is 0 Å². The minimum atomic E-state index is -3.01. The zero-order chi connectivity index (χ0) is 13.5. The number of aliphatic hydroxyl groups excluding tert-OH is 1. The Bertz CT molecular complexity index is 469. The number of anilines is 1. The highest BCUT2D eigenvalue weighted by Crippen LogP contribution is 2.58. The fourth-order valence-electron chi connectivity index (χ4n) is 3.13. The number of piperidine rings is 1. The van der Waals surface area contributed by atoms with Crippen LogP contribution < -0.4 is 10.0 Å². The number of fused-ring (bicyclic) bond motifs is 1. The minimum absolute atomic E-state index is 0. The maximum absolute atomic E-state index is 10.5. The molecule has 114 valence electrons. The van der Waals surface area contributed by atoms with Gasteiger partial charge in [0.25, 0.3) is 0 Å². The van der Waals surface area contributed by atoms with Crippen LogP contribution >= 0.6 is 23.2 Å². The summed E-state index contributed by atoms with van der Waals surface area (Å²) in [5.41, 5.74) is 1.39. The Hall–Kier alpha value is -0.500. The second-order valence-corrected chi connectivity index (χ2v) is 7.21. The highest BCUT2D eigenvalue weighted by Gasteiger charge is 2.44. The number of hydrogen-bond donors (Lipinski definition) is 5. The van der Waals surface area contributed by atoms with Crippen molar-refractivity contribution in [2.45, 2.75) is 24.2 Å². The molecule has 7 heteroatoms. The summed E-state index contributed by atoms with van der Waals surface area (Å²) in [5, 5.41) is 13.3. The van der Waals surface area contributed by atoms with E-state index in [9.17, 15) is 14.2 Å². The Kier molecular flexibility index (Phi) is 4.84. The molecule has 5 N–H and O–H groups in total. The van der Waals surface area contributed by atoms with Gasteiger partial charge in [-0.3, -0.25) is 13.8 Å². The van der Waals surface area contributed by atoms with Crippen molar-refractivity contribution in [1.29, 1.82) is 0 Å². The van der Waals surface area contributed by atoms with Gasteiger partial charge in [-0.05, 0) is 37.9 Å². The fourth-order valence-corrected chi connectivity index (χ4v) is 5.09. The number of halogens is 1. The lowest BCUT2D eigenvalue weighted by atomic mass is 9.88. The molecule has 2 aliphatic heterocycles. The molecular weight excluding hydrogens is 300 g/mol. The van der Waals surface area contributed by atoms with E-state index in [-0.39, 0.29) is 18.3 Å². The standard InChI is InChI=1S/C13H20N2O3S.ClH/c16-12-10-3-1-2-4-11(10)15-19(17,18)13(12)9-5-7-14-8-6-9;/h1-4,9,12-18H,5-8H2;1H. The molecule has 1 fully saturated rings. The number of benzene rings is 1. The highest BCUT2D eigenvalue weighted by molar-refractivity contribution is 8.26. The topological polar surface area (TPSA) is 84.8 Å². The third-order valence-electron chi connectivity index (χ3n) is 4.08. The van der Waals surface area contributed by atoms with Crippen molar-refractivity contribution in [3.05, 3.63) is 29.8 Å². The van der Waals surface area contributed by atoms with Gasteiger partial charge in [0.1, 0.15) is 11.4 Å². The molecule has 5 nitrogen and oxygen atoms in total. The van der Waals surface area contributed by atoms with Gasteiger partial charge >= 0.3 is 0 Å². The molecule has 0 amide bonds. The van der Waals surface area contributed by atoms with Gasteiger partial charge in [-0.1, -0.05) is 18.2 Å². The van der Waals surface area contributed by atoms with E-state index in [1.54, 1.807) is 6.07 Å². The van der Waals surface area contributed by atoms with Gasteiger partial charge < -0.3 is 10.4 Å². The normalized spacial score (nSPS) is 30.6. The van der Waals surface area contributed by atoms with Gasteiger partial charge in [-0.25, -0.2) is 0 Å². The first-order valence-electron chi connectivity index (χ1n) is 6.62. The summed E-state index contributed by atoms with van der Waals surface area (Å²) >= 11 is 0. The summed E-state index contributed by atoms with van der Waals surface area (Å²) in [6.07, 6.45) is 0.911. The number of hydrogen-bond acceptors (Lipinski definition) is 5. The average Bonchev–Trinajstić information content (AvgIpc) is 2.39. The first-order valence-corrected chi connectivity index (χ1v) is 8.23. The molecule has 2 unspecified atom stereocenters. The third-order valence-corrected chi connectivity index (χ3v) is 6.00. The number of para-hydroxylation sites is 1. The van der Waals surface area contributed by atoms with Crippen molar-refractivity contribution >= 4 is 28.9 Å². The molecule has 0 bridgehead atoms. The molecule has 2 heterocycles. The molecule has 3 rings (SSSR count). The first kappa shape index (κ1) is 15.9. The van der Waals surface area contributed by atoms with Crippen molar-refractivity contribution in [2.75, 3.05) is 17.8 Å². The Balaban J connectivity index is 0.00000147. The van der Waals surface area contributed by atoms with Crippen LogP contribution in [0.5, 0.6) is 0 Å². The molecule has 0 radical (unpaired) electrons. The van der Waals surface area contributed by atoms with E-state index < -0.39 is 22.1 Å². The summed E-state index contributed by atoms with van der Waals surface area (Å²) in [7, 11) is -3.01. The lowest BCUT2D eigenvalue weighted by molar-refractivity contribution is 0.131. The summed E-state index contributed by atoms with van der Waals surface area (Å²) in [6, 6.07) is 7.29. The van der Waals surface area contributed by atoms with Gasteiger partial charge in [-0.15, -0.1) is 23.2 Å². The Morgan fingerprint density at radius 2 is 1.75 bits per heavy atom. The molecule has 0 aliphatic carbocycles. The van der Waals surface area contributed by atoms with Crippen LogP contribution in [0.1, 0.15) is 24.5 Å². The molecule has 1 saturated heterocycles. The second-order valence-electron chi connectivity index (χ2n) is 5.28. The lowest BCUT2D eigenvalue weighted by Gasteiger charge is -2.51. The zero-order valence-electron chi connectivity index (χ0n) is 11.0. The van der Waals surface area contributed by atoms with Crippen LogP contribution in [0.4, 0.5) is 5.69 Å². The van der Waals surface area contributed by atoms with Gasteiger partial charge in [0.05, 0.1) is 5.69 Å². The molecule has 1 aromatic rings. The van der Waals surface area contributed by atoms with Gasteiger partial charge in [0, 0.05) is 5.56 Å². The smallest absolute Gasteiger partial charge is 0.103 e. The lowest BCUT2D eigenvalue weighted by Crippen LogP contribution is -2.43. The number of aliphatic hydroxyl groups is 1. The molecule has 20 heavy (non-hydrogen) atoms. The fraction of sp³-hybridized carbons (Fsp3) is 0.538. The second kappa shape index (κ2) is 6.09. The highest BCUT2D eigenvalue weighted by atomic mass is 35.5. The maximum atomic E-state index is 10.5. The van der Waals surface area contributed by atoms with Gasteiger partial charge in [0.2, 0.25) is 0 Å². The van der Waals surface area contributed by atoms with Gasteiger partial charge in [0.15, 0.2) is 0 Å². The Morgan fingerprint density at radius 1 is 1.10 bits per heavy atom. The predicted molar refractivity (Wildman–Crippen MR) is 84.5 cm³/mol. The van der Waals surface area contributed by atoms with Crippen LogP contribution in [-0.4, -0.2) is 32.6 Å². The molecule has 0 saturated carbocycles. The van der Waals surface area contributed by atoms with Crippen LogP contribution in [0.25, 0.3) is 0 Å². The van der Waals surface area contributed by atoms with E-state index in [1.165, 1.54) is 0 Å². The molecule has 1 aromatic carbocycles. The predicted octanol–water partition coefficient (Wildman–Crippen LogP) is 2.60. The molecule has 0 aromatic heterocycles. The quantitative estimate of drug-likeness (QED) is 0.549. The van der Waals surface area contributed by atoms with Crippen LogP contribution in [0, 0.1) is 5.92 Å². The molecule has 2 aliphatic rings. The third kappa shape index (κ3) is 2.77. The van der Waals surface area contributed by atoms with E-state index >= 15 is 0 Å². The van der Waals surface area contributed by atoms with Crippen molar-refractivity contribution in [3.63, 3.8) is 0 Å². The van der Waals surface area contributed by atoms with E-state index in [1.807, 2.05) is 18.2 Å². The van der Waals surface area contributed by atoms with E-state index in [2.05, 4.69) is 10.0 Å². The summed E-state index contributed by atoms with van der Waals surface area (Å²) < 4.78 is 23.5. The monoisotopic (exact) mass is 320 g/mol. The summed E-state index contributed by atoms with van der Waals surface area (Å²) in [6.45, 7) is 1.73. The van der Waals surface area contributed by atoms with Crippen molar-refractivity contribution in [2.24, 2.45) is 5.92 Å². The maximum Gasteiger partial charge on any atom is 0.103 e. The van der Waals surface area contributed by atoms with Crippen LogP contribution in [0.15, 0.2) is 24.3 Å². The van der Waals surface area contributed by atoms with E-state index in [0.29, 0.717) is 5.69 Å². The minimum Gasteiger partial charge on any atom is -0.386 e. The average molecular weight is 321 g/mol. The van der Waals surface area contributed by atoms with E-state index in [0.717, 1.165) is 31.5 Å². The zero-order valence-corrected chi connectivity index (χ0v) is 12.7. The van der Waals surface area contributed by atoms with Crippen LogP contribution in [-0.2, 0) is 0 Å². The molecular formula is C13H21ClN2O3S. The number of nitrogens with one attached hydrogen (secondary N) is 2. The van der Waals surface area contributed by atoms with Crippen LogP contribution in [0.2, 0.25) is 0 Å². The molecule has 2 atom stereocenters. The molecule has 0 spiro atoms. The summed E-state index contributed by atoms with van der Waals surface area (Å²) in [5.74, 6) is 0.127. The SMILES string of the molecule is Cl.OC1c2ccccc2NS(O)(O)C1C1CCNCC1. The van der Waals surface area contributed by atoms with Crippen LogP contribution in [0.3, 0.4) is 0 Å². The largest absolute Gasteiger partial charge is 0.386 e. The Labute approximate surface area is 126 Å². The first-order chi connectivity index (χ1) is 9.09.